The predicted molar refractivity (Wildman–Crippen MR) is 79.3 cm³/mol. The van der Waals surface area contributed by atoms with E-state index in [4.69, 9.17) is 0 Å². The van der Waals surface area contributed by atoms with Crippen LogP contribution in [0.15, 0.2) is 12.4 Å². The summed E-state index contributed by atoms with van der Waals surface area (Å²) in [5.41, 5.74) is 0. The zero-order chi connectivity index (χ0) is 15.1. The van der Waals surface area contributed by atoms with Gasteiger partial charge in [0.05, 0.1) is 12.6 Å². The molecule has 6 heteroatoms. The Morgan fingerprint density at radius 1 is 1.38 bits per heavy atom. The number of carbonyl (C=O) groups is 2. The van der Waals surface area contributed by atoms with Crippen molar-refractivity contribution in [3.63, 3.8) is 0 Å². The van der Waals surface area contributed by atoms with E-state index in [1.807, 2.05) is 6.92 Å². The highest BCUT2D eigenvalue weighted by molar-refractivity contribution is 5.84. The van der Waals surface area contributed by atoms with Crippen molar-refractivity contribution < 1.29 is 9.59 Å². The molecule has 2 rings (SSSR count). The van der Waals surface area contributed by atoms with Crippen molar-refractivity contribution in [2.75, 3.05) is 6.54 Å². The van der Waals surface area contributed by atoms with Gasteiger partial charge in [-0.15, -0.1) is 0 Å². The third-order valence-electron chi connectivity index (χ3n) is 4.01. The van der Waals surface area contributed by atoms with E-state index in [9.17, 15) is 9.59 Å². The van der Waals surface area contributed by atoms with Gasteiger partial charge in [-0.05, 0) is 19.3 Å². The molecule has 116 valence electrons. The number of nitrogens with one attached hydrogen (secondary N) is 3. The fourth-order valence-electron chi connectivity index (χ4n) is 2.78. The standard InChI is InChI=1S/C15H24N4O2/c1-11(15-16-8-9-17-15)19-14(21)10-18-13(20)7-6-12-4-2-3-5-12/h8-9,11-12H,2-7,10H2,1H3,(H,16,17)(H,18,20)(H,19,21)/t11-/m1/s1. The molecule has 6 nitrogen and oxygen atoms in total. The Hall–Kier alpha value is -1.85. The first-order valence-corrected chi connectivity index (χ1v) is 7.70. The number of nitrogens with zero attached hydrogens (tertiary/aromatic N) is 1. The minimum Gasteiger partial charge on any atom is -0.347 e. The molecule has 1 aromatic rings. The van der Waals surface area contributed by atoms with Crippen LogP contribution in [0.4, 0.5) is 0 Å². The van der Waals surface area contributed by atoms with Crippen molar-refractivity contribution in [1.29, 1.82) is 0 Å². The molecule has 0 saturated heterocycles. The number of rotatable bonds is 7. The van der Waals surface area contributed by atoms with Crippen LogP contribution in [0.5, 0.6) is 0 Å². The molecule has 1 aliphatic rings. The van der Waals surface area contributed by atoms with Gasteiger partial charge in [0.15, 0.2) is 0 Å². The maximum Gasteiger partial charge on any atom is 0.239 e. The van der Waals surface area contributed by atoms with E-state index in [1.54, 1.807) is 12.4 Å². The lowest BCUT2D eigenvalue weighted by atomic mass is 10.0. The van der Waals surface area contributed by atoms with Gasteiger partial charge in [0.25, 0.3) is 0 Å². The van der Waals surface area contributed by atoms with Crippen LogP contribution in [0.2, 0.25) is 0 Å². The summed E-state index contributed by atoms with van der Waals surface area (Å²) >= 11 is 0. The monoisotopic (exact) mass is 292 g/mol. The first kappa shape index (κ1) is 15.5. The lowest BCUT2D eigenvalue weighted by molar-refractivity contribution is -0.126. The molecule has 0 bridgehead atoms. The number of aromatic amines is 1. The average Bonchev–Trinajstić information content (AvgIpc) is 3.15. The van der Waals surface area contributed by atoms with Gasteiger partial charge in [-0.1, -0.05) is 25.7 Å². The SMILES string of the molecule is C[C@@H](NC(=O)CNC(=O)CCC1CCCC1)c1ncc[nH]1. The lowest BCUT2D eigenvalue weighted by Crippen LogP contribution is -2.38. The van der Waals surface area contributed by atoms with E-state index >= 15 is 0 Å². The molecule has 2 amide bonds. The average molecular weight is 292 g/mol. The predicted octanol–water partition coefficient (Wildman–Crippen LogP) is 1.67. The van der Waals surface area contributed by atoms with Gasteiger partial charge in [0.1, 0.15) is 5.82 Å². The van der Waals surface area contributed by atoms with E-state index < -0.39 is 0 Å². The van der Waals surface area contributed by atoms with E-state index in [2.05, 4.69) is 20.6 Å². The van der Waals surface area contributed by atoms with Crippen LogP contribution < -0.4 is 10.6 Å². The number of imidazole rings is 1. The summed E-state index contributed by atoms with van der Waals surface area (Å²) in [5, 5.41) is 5.46. The Morgan fingerprint density at radius 2 is 2.14 bits per heavy atom. The second-order valence-corrected chi connectivity index (χ2v) is 5.73. The number of hydrogen-bond donors (Lipinski definition) is 3. The number of aromatic nitrogens is 2. The highest BCUT2D eigenvalue weighted by atomic mass is 16.2. The zero-order valence-electron chi connectivity index (χ0n) is 12.5. The van der Waals surface area contributed by atoms with Gasteiger partial charge in [-0.25, -0.2) is 4.98 Å². The molecule has 0 radical (unpaired) electrons. The summed E-state index contributed by atoms with van der Waals surface area (Å²) in [6.07, 6.45) is 9.88. The number of carbonyl (C=O) groups excluding carboxylic acids is 2. The summed E-state index contributed by atoms with van der Waals surface area (Å²) in [6.45, 7) is 1.87. The molecule has 0 unspecified atom stereocenters. The van der Waals surface area contributed by atoms with Crippen LogP contribution in [-0.4, -0.2) is 28.3 Å². The van der Waals surface area contributed by atoms with Crippen molar-refractivity contribution in [3.8, 4) is 0 Å². The number of H-pyrrole nitrogens is 1. The second-order valence-electron chi connectivity index (χ2n) is 5.73. The van der Waals surface area contributed by atoms with E-state index in [0.717, 1.165) is 6.42 Å². The molecular weight excluding hydrogens is 268 g/mol. The fraction of sp³-hybridized carbons (Fsp3) is 0.667. The van der Waals surface area contributed by atoms with Crippen molar-refractivity contribution >= 4 is 11.8 Å². The Labute approximate surface area is 125 Å². The zero-order valence-corrected chi connectivity index (χ0v) is 12.5. The van der Waals surface area contributed by atoms with Crippen LogP contribution in [0.1, 0.15) is 57.3 Å². The largest absolute Gasteiger partial charge is 0.347 e. The van der Waals surface area contributed by atoms with Crippen molar-refractivity contribution in [3.05, 3.63) is 18.2 Å². The van der Waals surface area contributed by atoms with Crippen molar-refractivity contribution in [2.24, 2.45) is 5.92 Å². The summed E-state index contributed by atoms with van der Waals surface area (Å²) in [4.78, 5) is 30.5. The maximum absolute atomic E-state index is 11.7. The quantitative estimate of drug-likeness (QED) is 0.714. The third kappa shape index (κ3) is 5.21. The lowest BCUT2D eigenvalue weighted by Gasteiger charge is -2.12. The van der Waals surface area contributed by atoms with Gasteiger partial charge in [-0.3, -0.25) is 9.59 Å². The van der Waals surface area contributed by atoms with Crippen LogP contribution in [-0.2, 0) is 9.59 Å². The summed E-state index contributed by atoms with van der Waals surface area (Å²) in [5.74, 6) is 1.16. The molecule has 0 spiro atoms. The Balaban J connectivity index is 1.60. The van der Waals surface area contributed by atoms with Gasteiger partial charge in [0, 0.05) is 18.8 Å². The Bertz CT molecular complexity index is 452. The van der Waals surface area contributed by atoms with Gasteiger partial charge in [0.2, 0.25) is 11.8 Å². The highest BCUT2D eigenvalue weighted by Crippen LogP contribution is 2.28. The molecule has 1 aromatic heterocycles. The molecule has 0 aliphatic heterocycles. The molecule has 1 heterocycles. The van der Waals surface area contributed by atoms with Gasteiger partial charge < -0.3 is 15.6 Å². The highest BCUT2D eigenvalue weighted by Gasteiger charge is 2.17. The molecular formula is C15H24N4O2. The molecule has 0 aromatic carbocycles. The van der Waals surface area contributed by atoms with Crippen LogP contribution in [0.25, 0.3) is 0 Å². The van der Waals surface area contributed by atoms with Crippen LogP contribution >= 0.6 is 0 Å². The molecule has 1 aliphatic carbocycles. The summed E-state index contributed by atoms with van der Waals surface area (Å²) < 4.78 is 0. The Morgan fingerprint density at radius 3 is 2.81 bits per heavy atom. The van der Waals surface area contributed by atoms with Gasteiger partial charge >= 0.3 is 0 Å². The first-order valence-electron chi connectivity index (χ1n) is 7.70. The van der Waals surface area contributed by atoms with Crippen LogP contribution in [0.3, 0.4) is 0 Å². The minimum atomic E-state index is -0.201. The second kappa shape index (κ2) is 7.81. The number of amides is 2. The summed E-state index contributed by atoms with van der Waals surface area (Å²) in [6, 6.07) is -0.192. The molecule has 3 N–H and O–H groups in total. The fourth-order valence-corrected chi connectivity index (χ4v) is 2.78. The van der Waals surface area contributed by atoms with Crippen LogP contribution in [0, 0.1) is 5.92 Å². The van der Waals surface area contributed by atoms with E-state index in [0.29, 0.717) is 18.2 Å². The van der Waals surface area contributed by atoms with E-state index in [1.165, 1.54) is 25.7 Å². The van der Waals surface area contributed by atoms with Gasteiger partial charge in [-0.2, -0.15) is 0 Å². The normalized spacial score (nSPS) is 16.6. The Kier molecular flexibility index (Phi) is 5.78. The smallest absolute Gasteiger partial charge is 0.239 e. The summed E-state index contributed by atoms with van der Waals surface area (Å²) in [7, 11) is 0. The third-order valence-corrected chi connectivity index (χ3v) is 4.01. The molecule has 21 heavy (non-hydrogen) atoms. The molecule has 1 saturated carbocycles. The molecule has 1 atom stereocenters. The van der Waals surface area contributed by atoms with E-state index in [-0.39, 0.29) is 24.4 Å². The van der Waals surface area contributed by atoms with Crippen molar-refractivity contribution in [1.82, 2.24) is 20.6 Å². The van der Waals surface area contributed by atoms with Crippen molar-refractivity contribution in [2.45, 2.75) is 51.5 Å². The molecule has 1 fully saturated rings. The topological polar surface area (TPSA) is 86.9 Å². The maximum atomic E-state index is 11.7. The number of hydrogen-bond acceptors (Lipinski definition) is 3. The first-order chi connectivity index (χ1) is 10.1. The minimum absolute atomic E-state index is 0.0224.